The van der Waals surface area contributed by atoms with Gasteiger partial charge in [0.05, 0.1) is 7.11 Å². The first kappa shape index (κ1) is 17.9. The van der Waals surface area contributed by atoms with E-state index in [0.717, 1.165) is 71.3 Å². The molecule has 0 N–H and O–H groups in total. The van der Waals surface area contributed by atoms with Crippen LogP contribution in [0.3, 0.4) is 0 Å². The van der Waals surface area contributed by atoms with Gasteiger partial charge in [-0.1, -0.05) is 38.5 Å². The Kier molecular flexibility index (Phi) is 5.39. The van der Waals surface area contributed by atoms with Gasteiger partial charge >= 0.3 is 12.0 Å². The molecule has 1 heterocycles. The summed E-state index contributed by atoms with van der Waals surface area (Å²) in [5.74, 6) is -3.82. The predicted octanol–water partition coefficient (Wildman–Crippen LogP) is 2.23. The van der Waals surface area contributed by atoms with E-state index in [9.17, 15) is 19.2 Å². The van der Waals surface area contributed by atoms with Crippen molar-refractivity contribution in [2.24, 2.45) is 5.92 Å². The summed E-state index contributed by atoms with van der Waals surface area (Å²) in [5.41, 5.74) is 0. The maximum atomic E-state index is 13.1. The lowest BCUT2D eigenvalue weighted by molar-refractivity contribution is -0.164. The lowest BCUT2D eigenvalue weighted by Crippen LogP contribution is -2.66. The molecule has 0 spiro atoms. The van der Waals surface area contributed by atoms with Crippen LogP contribution in [0.4, 0.5) is 4.79 Å². The summed E-state index contributed by atoms with van der Waals surface area (Å²) in [6.07, 6.45) is 8.89. The van der Waals surface area contributed by atoms with Crippen LogP contribution in [0.1, 0.15) is 64.2 Å². The van der Waals surface area contributed by atoms with Crippen LogP contribution < -0.4 is 0 Å². The fraction of sp³-hybridized carbons (Fsp3) is 0.778. The van der Waals surface area contributed by atoms with Gasteiger partial charge in [-0.25, -0.2) is 4.79 Å². The van der Waals surface area contributed by atoms with Crippen molar-refractivity contribution in [1.29, 1.82) is 0 Å². The highest BCUT2D eigenvalue weighted by molar-refractivity contribution is 6.25. The molecule has 1 aliphatic heterocycles. The fourth-order valence-corrected chi connectivity index (χ4v) is 4.36. The molecule has 2 aliphatic carbocycles. The molecule has 3 fully saturated rings. The summed E-state index contributed by atoms with van der Waals surface area (Å²) in [6.45, 7) is 0. The number of hydrogen-bond acceptors (Lipinski definition) is 5. The molecular weight excluding hydrogens is 324 g/mol. The van der Waals surface area contributed by atoms with Crippen molar-refractivity contribution in [3.05, 3.63) is 0 Å². The van der Waals surface area contributed by atoms with Gasteiger partial charge in [0.15, 0.2) is 0 Å². The molecular formula is C18H26N2O5. The number of amides is 4. The van der Waals surface area contributed by atoms with Crippen molar-refractivity contribution in [2.75, 3.05) is 7.11 Å². The zero-order chi connectivity index (χ0) is 18.0. The van der Waals surface area contributed by atoms with Crippen LogP contribution >= 0.6 is 0 Å². The number of barbiturate groups is 1. The van der Waals surface area contributed by atoms with Crippen LogP contribution in [-0.2, 0) is 19.1 Å². The first-order valence-electron chi connectivity index (χ1n) is 9.34. The van der Waals surface area contributed by atoms with Crippen LogP contribution in [-0.4, -0.2) is 52.8 Å². The van der Waals surface area contributed by atoms with Gasteiger partial charge in [0, 0.05) is 12.1 Å². The second-order valence-electron chi connectivity index (χ2n) is 7.24. The van der Waals surface area contributed by atoms with Gasteiger partial charge in [0.1, 0.15) is 0 Å². The van der Waals surface area contributed by atoms with Gasteiger partial charge in [-0.05, 0) is 25.7 Å². The van der Waals surface area contributed by atoms with Gasteiger partial charge in [-0.3, -0.25) is 24.2 Å². The van der Waals surface area contributed by atoms with E-state index < -0.39 is 29.7 Å². The Morgan fingerprint density at radius 2 is 1.20 bits per heavy atom. The first-order valence-corrected chi connectivity index (χ1v) is 9.34. The van der Waals surface area contributed by atoms with E-state index >= 15 is 0 Å². The van der Waals surface area contributed by atoms with Crippen molar-refractivity contribution in [1.82, 2.24) is 9.80 Å². The number of esters is 1. The lowest BCUT2D eigenvalue weighted by Gasteiger charge is -2.44. The Balaban J connectivity index is 1.93. The smallest absolute Gasteiger partial charge is 0.333 e. The number of rotatable bonds is 3. The van der Waals surface area contributed by atoms with Crippen LogP contribution in [0.25, 0.3) is 0 Å². The Hall–Kier alpha value is -1.92. The Labute approximate surface area is 147 Å². The van der Waals surface area contributed by atoms with Crippen molar-refractivity contribution < 1.29 is 23.9 Å². The van der Waals surface area contributed by atoms with Crippen LogP contribution in [0.2, 0.25) is 0 Å². The average Bonchev–Trinajstić information content (AvgIpc) is 2.63. The molecule has 138 valence electrons. The van der Waals surface area contributed by atoms with Crippen molar-refractivity contribution in [2.45, 2.75) is 76.3 Å². The summed E-state index contributed by atoms with van der Waals surface area (Å²) >= 11 is 0. The molecule has 4 amide bonds. The van der Waals surface area contributed by atoms with Crippen LogP contribution in [0, 0.1) is 5.92 Å². The quantitative estimate of drug-likeness (QED) is 0.576. The summed E-state index contributed by atoms with van der Waals surface area (Å²) in [5, 5.41) is 0. The highest BCUT2D eigenvalue weighted by Gasteiger charge is 2.53. The number of methoxy groups -OCH3 is 1. The number of hydrogen-bond donors (Lipinski definition) is 0. The molecule has 0 bridgehead atoms. The molecule has 3 aliphatic rings. The molecule has 0 radical (unpaired) electrons. The minimum atomic E-state index is -1.54. The van der Waals surface area contributed by atoms with Crippen molar-refractivity contribution in [3.8, 4) is 0 Å². The largest absolute Gasteiger partial charge is 0.468 e. The number of nitrogens with zero attached hydrogens (tertiary/aromatic N) is 2. The molecule has 0 atom stereocenters. The Bertz CT molecular complexity index is 524. The third-order valence-corrected chi connectivity index (χ3v) is 5.70. The molecule has 0 aromatic heterocycles. The molecule has 3 rings (SSSR count). The van der Waals surface area contributed by atoms with Gasteiger partial charge in [0.2, 0.25) is 5.92 Å². The molecule has 1 saturated heterocycles. The third kappa shape index (κ3) is 3.28. The maximum Gasteiger partial charge on any atom is 0.333 e. The average molecular weight is 350 g/mol. The van der Waals surface area contributed by atoms with E-state index in [0.29, 0.717) is 0 Å². The maximum absolute atomic E-state index is 13.1. The molecule has 0 aromatic carbocycles. The minimum Gasteiger partial charge on any atom is -0.468 e. The predicted molar refractivity (Wildman–Crippen MR) is 88.3 cm³/mol. The molecule has 0 aromatic rings. The minimum absolute atomic E-state index is 0.222. The van der Waals surface area contributed by atoms with Crippen molar-refractivity contribution >= 4 is 23.8 Å². The fourth-order valence-electron chi connectivity index (χ4n) is 4.36. The number of imide groups is 2. The van der Waals surface area contributed by atoms with Gasteiger partial charge < -0.3 is 4.74 Å². The number of ether oxygens (including phenoxy) is 1. The highest BCUT2D eigenvalue weighted by Crippen LogP contribution is 2.32. The normalized spacial score (nSPS) is 24.8. The van der Waals surface area contributed by atoms with E-state index in [1.54, 1.807) is 0 Å². The number of carbonyl (C=O) groups excluding carboxylic acids is 4. The van der Waals surface area contributed by atoms with Gasteiger partial charge in [-0.15, -0.1) is 0 Å². The summed E-state index contributed by atoms with van der Waals surface area (Å²) in [7, 11) is 1.16. The molecule has 2 saturated carbocycles. The van der Waals surface area contributed by atoms with E-state index in [2.05, 4.69) is 0 Å². The van der Waals surface area contributed by atoms with Crippen LogP contribution in [0.5, 0.6) is 0 Å². The molecule has 0 unspecified atom stereocenters. The summed E-state index contributed by atoms with van der Waals surface area (Å²) in [4.78, 5) is 53.2. The number of carbonyl (C=O) groups is 4. The molecule has 7 heteroatoms. The summed E-state index contributed by atoms with van der Waals surface area (Å²) in [6, 6.07) is -0.978. The van der Waals surface area contributed by atoms with Gasteiger partial charge in [-0.2, -0.15) is 0 Å². The van der Waals surface area contributed by atoms with E-state index in [1.807, 2.05) is 0 Å². The van der Waals surface area contributed by atoms with Crippen LogP contribution in [0.15, 0.2) is 0 Å². The zero-order valence-corrected chi connectivity index (χ0v) is 14.7. The topological polar surface area (TPSA) is 84.0 Å². The molecule has 25 heavy (non-hydrogen) atoms. The van der Waals surface area contributed by atoms with E-state index in [-0.39, 0.29) is 12.1 Å². The van der Waals surface area contributed by atoms with Gasteiger partial charge in [0.25, 0.3) is 11.8 Å². The standard InChI is InChI=1S/C18H26N2O5/c1-25-17(23)14-15(21)19(12-8-4-2-5-9-12)18(24)20(16(14)22)13-10-6-3-7-11-13/h12-14H,2-11H2,1H3. The zero-order valence-electron chi connectivity index (χ0n) is 14.7. The lowest BCUT2D eigenvalue weighted by atomic mass is 9.89. The van der Waals surface area contributed by atoms with Crippen molar-refractivity contribution in [3.63, 3.8) is 0 Å². The summed E-state index contributed by atoms with van der Waals surface area (Å²) < 4.78 is 4.69. The van der Waals surface area contributed by atoms with E-state index in [1.165, 1.54) is 9.80 Å². The second kappa shape index (κ2) is 7.54. The Morgan fingerprint density at radius 1 is 0.800 bits per heavy atom. The van der Waals surface area contributed by atoms with E-state index in [4.69, 9.17) is 4.74 Å². The molecule has 7 nitrogen and oxygen atoms in total. The second-order valence-corrected chi connectivity index (χ2v) is 7.24. The first-order chi connectivity index (χ1) is 12.1. The monoisotopic (exact) mass is 350 g/mol. The Morgan fingerprint density at radius 3 is 1.56 bits per heavy atom. The highest BCUT2D eigenvalue weighted by atomic mass is 16.5. The third-order valence-electron chi connectivity index (χ3n) is 5.70. The SMILES string of the molecule is COC(=O)C1C(=O)N(C2CCCCC2)C(=O)N(C2CCCCC2)C1=O. The number of urea groups is 1.